The van der Waals surface area contributed by atoms with Gasteiger partial charge in [-0.15, -0.1) is 0 Å². The highest BCUT2D eigenvalue weighted by Gasteiger charge is 2.16. The Hall–Kier alpha value is -2.58. The molecule has 0 saturated heterocycles. The van der Waals surface area contributed by atoms with E-state index in [1.165, 1.54) is 18.7 Å². The van der Waals surface area contributed by atoms with Crippen LogP contribution < -0.4 is 16.1 Å². The number of hydrogen-bond donors (Lipinski definition) is 2. The molecule has 2 aromatic rings. The van der Waals surface area contributed by atoms with E-state index in [4.69, 9.17) is 5.11 Å². The molecule has 0 fully saturated rings. The third-order valence-electron chi connectivity index (χ3n) is 3.36. The number of hydrogen-bond acceptors (Lipinski definition) is 5. The minimum atomic E-state index is -0.909. The van der Waals surface area contributed by atoms with Crippen molar-refractivity contribution in [1.29, 1.82) is 0 Å². The standard InChI is InChI=1S/C12H17N5O4/c1-4-17(6-5-7(18)19)11-13-8-9(14-11)15(2)12(21)16(3)10(8)20/h4-6H2,1-3H3,(H,13,14)(H,18,19). The molecule has 0 aliphatic heterocycles. The van der Waals surface area contributed by atoms with E-state index >= 15 is 0 Å². The molecule has 0 amide bonds. The van der Waals surface area contributed by atoms with Gasteiger partial charge in [0.2, 0.25) is 5.95 Å². The maximum atomic E-state index is 12.1. The molecule has 0 atom stereocenters. The number of carboxylic acid groups (broad SMARTS) is 1. The number of carboxylic acids is 1. The maximum absolute atomic E-state index is 12.1. The number of anilines is 1. The van der Waals surface area contributed by atoms with Crippen LogP contribution >= 0.6 is 0 Å². The first-order valence-corrected chi connectivity index (χ1v) is 6.49. The number of aliphatic carboxylic acids is 1. The molecule has 114 valence electrons. The van der Waals surface area contributed by atoms with E-state index in [0.29, 0.717) is 12.5 Å². The number of aromatic amines is 1. The van der Waals surface area contributed by atoms with Gasteiger partial charge >= 0.3 is 11.7 Å². The van der Waals surface area contributed by atoms with Crippen molar-refractivity contribution in [3.05, 3.63) is 20.8 Å². The summed E-state index contributed by atoms with van der Waals surface area (Å²) >= 11 is 0. The molecule has 2 aromatic heterocycles. The SMILES string of the molecule is CCN(CCC(=O)O)c1nc2c([nH]1)c(=O)n(C)c(=O)n2C. The highest BCUT2D eigenvalue weighted by Crippen LogP contribution is 2.13. The first-order valence-electron chi connectivity index (χ1n) is 6.49. The number of aryl methyl sites for hydroxylation is 1. The van der Waals surface area contributed by atoms with Gasteiger partial charge in [-0.05, 0) is 6.92 Å². The number of rotatable bonds is 5. The van der Waals surface area contributed by atoms with Crippen molar-refractivity contribution >= 4 is 23.1 Å². The molecule has 21 heavy (non-hydrogen) atoms. The lowest BCUT2D eigenvalue weighted by Gasteiger charge is -2.18. The highest BCUT2D eigenvalue weighted by molar-refractivity contribution is 5.73. The predicted octanol–water partition coefficient (Wildman–Crippen LogP) is -0.739. The summed E-state index contributed by atoms with van der Waals surface area (Å²) in [7, 11) is 2.93. The van der Waals surface area contributed by atoms with Crippen LogP contribution in [0.15, 0.2) is 9.59 Å². The maximum Gasteiger partial charge on any atom is 0.332 e. The lowest BCUT2D eigenvalue weighted by molar-refractivity contribution is -0.136. The van der Waals surface area contributed by atoms with Crippen molar-refractivity contribution in [2.45, 2.75) is 13.3 Å². The first-order chi connectivity index (χ1) is 9.86. The van der Waals surface area contributed by atoms with E-state index in [1.54, 1.807) is 4.90 Å². The second-order valence-corrected chi connectivity index (χ2v) is 4.69. The van der Waals surface area contributed by atoms with Gasteiger partial charge in [-0.25, -0.2) is 4.79 Å². The first kappa shape index (κ1) is 14.8. The minimum Gasteiger partial charge on any atom is -0.481 e. The van der Waals surface area contributed by atoms with Crippen LogP contribution in [-0.2, 0) is 18.9 Å². The van der Waals surface area contributed by atoms with Gasteiger partial charge in [0.05, 0.1) is 6.42 Å². The molecule has 0 unspecified atom stereocenters. The zero-order valence-corrected chi connectivity index (χ0v) is 12.1. The molecular weight excluding hydrogens is 278 g/mol. The van der Waals surface area contributed by atoms with E-state index in [2.05, 4.69) is 9.97 Å². The number of H-pyrrole nitrogens is 1. The summed E-state index contributed by atoms with van der Waals surface area (Å²) in [5, 5.41) is 8.75. The third-order valence-corrected chi connectivity index (χ3v) is 3.36. The summed E-state index contributed by atoms with van der Waals surface area (Å²) in [4.78, 5) is 43.4. The van der Waals surface area contributed by atoms with Gasteiger partial charge in [-0.1, -0.05) is 0 Å². The van der Waals surface area contributed by atoms with Crippen molar-refractivity contribution in [2.75, 3.05) is 18.0 Å². The molecule has 9 heteroatoms. The number of carbonyl (C=O) groups is 1. The highest BCUT2D eigenvalue weighted by atomic mass is 16.4. The average Bonchev–Trinajstić information content (AvgIpc) is 2.88. The van der Waals surface area contributed by atoms with Crippen molar-refractivity contribution in [3.8, 4) is 0 Å². The number of nitrogens with zero attached hydrogens (tertiary/aromatic N) is 4. The van der Waals surface area contributed by atoms with Crippen LogP contribution in [0, 0.1) is 0 Å². The van der Waals surface area contributed by atoms with E-state index in [9.17, 15) is 14.4 Å². The normalized spacial score (nSPS) is 11.0. The number of nitrogens with one attached hydrogen (secondary N) is 1. The van der Waals surface area contributed by atoms with Crippen molar-refractivity contribution in [2.24, 2.45) is 14.1 Å². The molecule has 0 aliphatic carbocycles. The Balaban J connectivity index is 2.54. The molecule has 0 radical (unpaired) electrons. The monoisotopic (exact) mass is 295 g/mol. The molecule has 2 heterocycles. The zero-order chi connectivity index (χ0) is 15.7. The van der Waals surface area contributed by atoms with Crippen LogP contribution in [0.2, 0.25) is 0 Å². The molecule has 2 N–H and O–H groups in total. The van der Waals surface area contributed by atoms with Gasteiger partial charge in [-0.3, -0.25) is 18.7 Å². The molecule has 0 saturated carbocycles. The van der Waals surface area contributed by atoms with E-state index < -0.39 is 17.2 Å². The molecule has 0 bridgehead atoms. The molecule has 0 aliphatic rings. The second kappa shape index (κ2) is 5.43. The van der Waals surface area contributed by atoms with Crippen LogP contribution in [0.5, 0.6) is 0 Å². The fraction of sp³-hybridized carbons (Fsp3) is 0.500. The van der Waals surface area contributed by atoms with Crippen LogP contribution in [0.25, 0.3) is 11.2 Å². The number of imidazole rings is 1. The van der Waals surface area contributed by atoms with Crippen LogP contribution in [0.1, 0.15) is 13.3 Å². The summed E-state index contributed by atoms with van der Waals surface area (Å²) < 4.78 is 2.28. The summed E-state index contributed by atoms with van der Waals surface area (Å²) in [6.07, 6.45) is -0.0399. The van der Waals surface area contributed by atoms with Crippen LogP contribution in [0.3, 0.4) is 0 Å². The van der Waals surface area contributed by atoms with Crippen LogP contribution in [-0.4, -0.2) is 43.3 Å². The largest absolute Gasteiger partial charge is 0.481 e. The Morgan fingerprint density at radius 2 is 2.00 bits per heavy atom. The van der Waals surface area contributed by atoms with Gasteiger partial charge < -0.3 is 15.0 Å². The predicted molar refractivity (Wildman–Crippen MR) is 76.7 cm³/mol. The van der Waals surface area contributed by atoms with Crippen LogP contribution in [0.4, 0.5) is 5.95 Å². The molecule has 2 rings (SSSR count). The van der Waals surface area contributed by atoms with Gasteiger partial charge in [0.25, 0.3) is 5.56 Å². The van der Waals surface area contributed by atoms with Gasteiger partial charge in [0.15, 0.2) is 11.2 Å². The summed E-state index contributed by atoms with van der Waals surface area (Å²) in [5.74, 6) is -0.528. The van der Waals surface area contributed by atoms with E-state index in [-0.39, 0.29) is 24.1 Å². The average molecular weight is 295 g/mol. The Bertz CT molecular complexity index is 800. The van der Waals surface area contributed by atoms with Gasteiger partial charge in [0.1, 0.15) is 0 Å². The minimum absolute atomic E-state index is 0.0399. The fourth-order valence-corrected chi connectivity index (χ4v) is 2.11. The van der Waals surface area contributed by atoms with E-state index in [1.807, 2.05) is 6.92 Å². The fourth-order valence-electron chi connectivity index (χ4n) is 2.11. The Labute approximate surface area is 119 Å². The third kappa shape index (κ3) is 2.54. The lowest BCUT2D eigenvalue weighted by atomic mass is 10.4. The quantitative estimate of drug-likeness (QED) is 0.751. The summed E-state index contributed by atoms with van der Waals surface area (Å²) in [6.45, 7) is 2.65. The van der Waals surface area contributed by atoms with E-state index in [0.717, 1.165) is 4.57 Å². The van der Waals surface area contributed by atoms with Gasteiger partial charge in [0, 0.05) is 27.2 Å². The van der Waals surface area contributed by atoms with Crippen molar-refractivity contribution in [3.63, 3.8) is 0 Å². The second-order valence-electron chi connectivity index (χ2n) is 4.69. The lowest BCUT2D eigenvalue weighted by Crippen LogP contribution is -2.36. The van der Waals surface area contributed by atoms with Crippen molar-refractivity contribution in [1.82, 2.24) is 19.1 Å². The molecule has 0 spiro atoms. The summed E-state index contributed by atoms with van der Waals surface area (Å²) in [6, 6.07) is 0. The Kier molecular flexibility index (Phi) is 3.83. The summed E-state index contributed by atoms with van der Waals surface area (Å²) in [5.41, 5.74) is -0.435. The Morgan fingerprint density at radius 3 is 2.57 bits per heavy atom. The Morgan fingerprint density at radius 1 is 1.33 bits per heavy atom. The van der Waals surface area contributed by atoms with Gasteiger partial charge in [-0.2, -0.15) is 4.98 Å². The smallest absolute Gasteiger partial charge is 0.332 e. The molecular formula is C12H17N5O4. The molecule has 9 nitrogen and oxygen atoms in total. The topological polar surface area (TPSA) is 113 Å². The zero-order valence-electron chi connectivity index (χ0n) is 12.1. The number of aromatic nitrogens is 4. The number of fused-ring (bicyclic) bond motifs is 1. The van der Waals surface area contributed by atoms with Crippen molar-refractivity contribution < 1.29 is 9.90 Å². The molecule has 0 aromatic carbocycles.